The molecule has 0 aliphatic rings. The summed E-state index contributed by atoms with van der Waals surface area (Å²) in [5, 5.41) is 12.2. The van der Waals surface area contributed by atoms with Crippen LogP contribution in [0.25, 0.3) is 0 Å². The molecule has 1 aromatic heterocycles. The zero-order chi connectivity index (χ0) is 12.1. The molecule has 2 rings (SSSR count). The number of rotatable bonds is 4. The minimum atomic E-state index is -0.245. The average molecular weight is 231 g/mol. The number of hydrogen-bond donors (Lipinski definition) is 2. The zero-order valence-electron chi connectivity index (χ0n) is 9.22. The van der Waals surface area contributed by atoms with Crippen LogP contribution in [0.4, 0.5) is 0 Å². The second-order valence-electron chi connectivity index (χ2n) is 3.61. The van der Waals surface area contributed by atoms with Gasteiger partial charge < -0.3 is 14.8 Å². The quantitative estimate of drug-likeness (QED) is 0.845. The van der Waals surface area contributed by atoms with Crippen molar-refractivity contribution < 1.29 is 14.3 Å². The van der Waals surface area contributed by atoms with E-state index in [2.05, 4.69) is 5.32 Å². The monoisotopic (exact) mass is 231 g/mol. The van der Waals surface area contributed by atoms with Crippen LogP contribution in [-0.2, 0) is 6.42 Å². The minimum absolute atomic E-state index is 0.245. The second kappa shape index (κ2) is 5.21. The van der Waals surface area contributed by atoms with Crippen molar-refractivity contribution in [3.05, 3.63) is 54.0 Å². The fourth-order valence-corrected chi connectivity index (χ4v) is 1.53. The topological polar surface area (TPSA) is 62.5 Å². The van der Waals surface area contributed by atoms with Gasteiger partial charge in [-0.25, -0.2) is 0 Å². The Morgan fingerprint density at radius 2 is 2.06 bits per heavy atom. The van der Waals surface area contributed by atoms with Crippen LogP contribution < -0.4 is 5.32 Å². The van der Waals surface area contributed by atoms with Crippen molar-refractivity contribution in [2.24, 2.45) is 0 Å². The van der Waals surface area contributed by atoms with E-state index in [4.69, 9.17) is 4.42 Å². The van der Waals surface area contributed by atoms with Gasteiger partial charge in [0, 0.05) is 6.54 Å². The third-order valence-corrected chi connectivity index (χ3v) is 2.42. The molecule has 1 aromatic carbocycles. The van der Waals surface area contributed by atoms with Gasteiger partial charge >= 0.3 is 0 Å². The Morgan fingerprint density at radius 1 is 1.24 bits per heavy atom. The summed E-state index contributed by atoms with van der Waals surface area (Å²) in [5.41, 5.74) is 0.812. The lowest BCUT2D eigenvalue weighted by molar-refractivity contribution is 0.0926. The summed E-state index contributed by atoms with van der Waals surface area (Å²) in [6.07, 6.45) is 2.04. The van der Waals surface area contributed by atoms with Crippen LogP contribution in [-0.4, -0.2) is 17.6 Å². The number of furan rings is 1. The molecule has 2 N–H and O–H groups in total. The van der Waals surface area contributed by atoms with Crippen LogP contribution in [0.2, 0.25) is 0 Å². The molecule has 0 bridgehead atoms. The molecule has 0 aliphatic carbocycles. The van der Waals surface area contributed by atoms with E-state index in [1.54, 1.807) is 24.3 Å². The van der Waals surface area contributed by atoms with E-state index in [1.807, 2.05) is 12.1 Å². The van der Waals surface area contributed by atoms with Gasteiger partial charge in [-0.15, -0.1) is 0 Å². The van der Waals surface area contributed by atoms with Gasteiger partial charge in [-0.05, 0) is 30.2 Å². The van der Waals surface area contributed by atoms with Gasteiger partial charge in [0.25, 0.3) is 5.91 Å². The standard InChI is InChI=1S/C13H13NO3/c15-11-5-2-1-4-10(11)7-8-14-13(16)12-6-3-9-17-12/h1-6,9,15H,7-8H2,(H,14,16). The molecule has 0 fully saturated rings. The van der Waals surface area contributed by atoms with Gasteiger partial charge in [0.2, 0.25) is 0 Å². The number of phenolic OH excluding ortho intramolecular Hbond substituents is 1. The molecule has 0 radical (unpaired) electrons. The maximum atomic E-state index is 11.5. The summed E-state index contributed by atoms with van der Waals surface area (Å²) in [4.78, 5) is 11.5. The summed E-state index contributed by atoms with van der Waals surface area (Å²) in [7, 11) is 0. The summed E-state index contributed by atoms with van der Waals surface area (Å²) in [6, 6.07) is 10.3. The Hall–Kier alpha value is -2.23. The molecular formula is C13H13NO3. The minimum Gasteiger partial charge on any atom is -0.508 e. The lowest BCUT2D eigenvalue weighted by atomic mass is 10.1. The Bertz CT molecular complexity index is 491. The molecule has 0 unspecified atom stereocenters. The third-order valence-electron chi connectivity index (χ3n) is 2.42. The van der Waals surface area contributed by atoms with E-state index < -0.39 is 0 Å². The van der Waals surface area contributed by atoms with Gasteiger partial charge in [-0.1, -0.05) is 18.2 Å². The van der Waals surface area contributed by atoms with Crippen LogP contribution in [0.1, 0.15) is 16.1 Å². The number of carbonyl (C=O) groups excluding carboxylic acids is 1. The first-order valence-corrected chi connectivity index (χ1v) is 5.36. The molecule has 0 aliphatic heterocycles. The van der Waals surface area contributed by atoms with Crippen molar-refractivity contribution in [1.82, 2.24) is 5.32 Å². The molecule has 0 saturated heterocycles. The van der Waals surface area contributed by atoms with Crippen molar-refractivity contribution in [3.63, 3.8) is 0 Å². The first kappa shape index (κ1) is 11.3. The normalized spacial score (nSPS) is 10.1. The van der Waals surface area contributed by atoms with Gasteiger partial charge in [-0.2, -0.15) is 0 Å². The number of benzene rings is 1. The number of phenols is 1. The van der Waals surface area contributed by atoms with E-state index in [-0.39, 0.29) is 11.7 Å². The summed E-state index contributed by atoms with van der Waals surface area (Å²) >= 11 is 0. The number of carbonyl (C=O) groups is 1. The largest absolute Gasteiger partial charge is 0.508 e. The second-order valence-corrected chi connectivity index (χ2v) is 3.61. The molecule has 4 heteroatoms. The summed E-state index contributed by atoms with van der Waals surface area (Å²) in [6.45, 7) is 0.455. The molecule has 0 spiro atoms. The lowest BCUT2D eigenvalue weighted by Crippen LogP contribution is -2.25. The van der Waals surface area contributed by atoms with Gasteiger partial charge in [0.1, 0.15) is 5.75 Å². The van der Waals surface area contributed by atoms with E-state index in [9.17, 15) is 9.90 Å². The van der Waals surface area contributed by atoms with E-state index in [0.717, 1.165) is 5.56 Å². The predicted molar refractivity (Wildman–Crippen MR) is 62.9 cm³/mol. The van der Waals surface area contributed by atoms with Crippen molar-refractivity contribution in [3.8, 4) is 5.75 Å². The van der Waals surface area contributed by atoms with E-state index in [0.29, 0.717) is 18.7 Å². The molecule has 17 heavy (non-hydrogen) atoms. The van der Waals surface area contributed by atoms with Gasteiger partial charge in [-0.3, -0.25) is 4.79 Å². The van der Waals surface area contributed by atoms with Crippen LogP contribution in [0.5, 0.6) is 5.75 Å². The molecule has 0 atom stereocenters. The average Bonchev–Trinajstić information content (AvgIpc) is 2.85. The first-order chi connectivity index (χ1) is 8.27. The molecule has 0 saturated carbocycles. The third kappa shape index (κ3) is 2.87. The smallest absolute Gasteiger partial charge is 0.286 e. The Balaban J connectivity index is 1.84. The van der Waals surface area contributed by atoms with E-state index in [1.165, 1.54) is 6.26 Å². The lowest BCUT2D eigenvalue weighted by Gasteiger charge is -2.05. The van der Waals surface area contributed by atoms with Crippen LogP contribution in [0, 0.1) is 0 Å². The number of aromatic hydroxyl groups is 1. The Labute approximate surface area is 98.9 Å². The number of para-hydroxylation sites is 1. The highest BCUT2D eigenvalue weighted by atomic mass is 16.3. The molecule has 2 aromatic rings. The highest BCUT2D eigenvalue weighted by Gasteiger charge is 2.07. The first-order valence-electron chi connectivity index (χ1n) is 5.36. The van der Waals surface area contributed by atoms with Gasteiger partial charge in [0.15, 0.2) is 5.76 Å². The maximum Gasteiger partial charge on any atom is 0.286 e. The summed E-state index contributed by atoms with van der Waals surface area (Å²) in [5.74, 6) is 0.299. The zero-order valence-corrected chi connectivity index (χ0v) is 9.22. The number of amides is 1. The van der Waals surface area contributed by atoms with Crippen LogP contribution in [0.15, 0.2) is 47.1 Å². The van der Waals surface area contributed by atoms with Crippen molar-refractivity contribution in [2.45, 2.75) is 6.42 Å². The fourth-order valence-electron chi connectivity index (χ4n) is 1.53. The molecular weight excluding hydrogens is 218 g/mol. The highest BCUT2D eigenvalue weighted by molar-refractivity contribution is 5.91. The Kier molecular flexibility index (Phi) is 3.45. The molecule has 88 valence electrons. The van der Waals surface area contributed by atoms with Crippen molar-refractivity contribution >= 4 is 5.91 Å². The highest BCUT2D eigenvalue weighted by Crippen LogP contribution is 2.15. The molecule has 1 amide bonds. The Morgan fingerprint density at radius 3 is 2.76 bits per heavy atom. The summed E-state index contributed by atoms with van der Waals surface area (Å²) < 4.78 is 4.96. The molecule has 1 heterocycles. The van der Waals surface area contributed by atoms with Crippen molar-refractivity contribution in [2.75, 3.05) is 6.54 Å². The fraction of sp³-hybridized carbons (Fsp3) is 0.154. The number of hydrogen-bond acceptors (Lipinski definition) is 3. The van der Waals surface area contributed by atoms with E-state index >= 15 is 0 Å². The predicted octanol–water partition coefficient (Wildman–Crippen LogP) is 1.96. The maximum absolute atomic E-state index is 11.5. The number of nitrogens with one attached hydrogen (secondary N) is 1. The van der Waals surface area contributed by atoms with Gasteiger partial charge in [0.05, 0.1) is 6.26 Å². The SMILES string of the molecule is O=C(NCCc1ccccc1O)c1ccco1. The van der Waals surface area contributed by atoms with Crippen LogP contribution in [0.3, 0.4) is 0 Å². The van der Waals surface area contributed by atoms with Crippen LogP contribution >= 0.6 is 0 Å². The molecule has 4 nitrogen and oxygen atoms in total. The van der Waals surface area contributed by atoms with Crippen molar-refractivity contribution in [1.29, 1.82) is 0 Å².